The van der Waals surface area contributed by atoms with Crippen molar-refractivity contribution in [2.24, 2.45) is 35.8 Å². The van der Waals surface area contributed by atoms with Gasteiger partial charge in [-0.3, -0.25) is 24.9 Å². The van der Waals surface area contributed by atoms with E-state index in [-0.39, 0.29) is 186 Å². The quantitative estimate of drug-likeness (QED) is 0.0136. The van der Waals surface area contributed by atoms with Crippen LogP contribution in [0.5, 0.6) is 17.2 Å². The van der Waals surface area contributed by atoms with Crippen LogP contribution in [0, 0.1) is 10.1 Å². The second-order valence-electron chi connectivity index (χ2n) is 14.2. The molecule has 0 spiro atoms. The molecule has 0 amide bonds. The summed E-state index contributed by atoms with van der Waals surface area (Å²) in [5, 5.41) is 75.5. The average molecular weight is 1080 g/mol. The molecule has 74 heavy (non-hydrogen) atoms. The zero-order valence-electron chi connectivity index (χ0n) is 39.3. The van der Waals surface area contributed by atoms with Crippen LogP contribution in [0.3, 0.4) is 0 Å². The van der Waals surface area contributed by atoms with Crippen LogP contribution in [0.4, 0.5) is 39.8 Å². The summed E-state index contributed by atoms with van der Waals surface area (Å²) < 4.78 is 83.0. The first-order valence-electron chi connectivity index (χ1n) is 19.2. The maximum Gasteiger partial charge on any atom is 1.00 e. The first kappa shape index (κ1) is 62.9. The second kappa shape index (κ2) is 25.9. The van der Waals surface area contributed by atoms with Crippen molar-refractivity contribution in [3.05, 3.63) is 129 Å². The Morgan fingerprint density at radius 3 is 2.01 bits per heavy atom. The molecule has 0 atom stereocenters. The van der Waals surface area contributed by atoms with Gasteiger partial charge in [0.1, 0.15) is 38.7 Å². The third-order valence-corrected chi connectivity index (χ3v) is 11.6. The van der Waals surface area contributed by atoms with E-state index in [0.29, 0.717) is 6.07 Å². The fourth-order valence-corrected chi connectivity index (χ4v) is 7.70. The molecule has 7 rings (SSSR count). The van der Waals surface area contributed by atoms with Gasteiger partial charge in [0.25, 0.3) is 15.8 Å². The van der Waals surface area contributed by atoms with Crippen LogP contribution >= 0.6 is 0 Å². The Bertz CT molecular complexity index is 3660. The zero-order valence-corrected chi connectivity index (χ0v) is 48.9. The molecule has 5 aromatic rings. The Morgan fingerprint density at radius 2 is 1.39 bits per heavy atom. The van der Waals surface area contributed by atoms with Gasteiger partial charge in [-0.05, 0) is 66.1 Å². The van der Waals surface area contributed by atoms with E-state index in [1.54, 1.807) is 0 Å². The number of nitro benzene ring substituents is 1. The third kappa shape index (κ3) is 13.9. The Hall–Kier alpha value is -5.38. The normalized spacial score (nSPS) is 14.7. The van der Waals surface area contributed by atoms with Crippen molar-refractivity contribution < 1.29 is 188 Å². The van der Waals surface area contributed by atoms with Crippen molar-refractivity contribution in [1.29, 1.82) is 0 Å². The van der Waals surface area contributed by atoms with Crippen LogP contribution in [0.15, 0.2) is 148 Å². The predicted octanol–water partition coefficient (Wildman–Crippen LogP) is -8.87. The Kier molecular flexibility index (Phi) is 22.0. The predicted molar refractivity (Wildman–Crippen MR) is 238 cm³/mol. The van der Waals surface area contributed by atoms with Crippen LogP contribution in [-0.2, 0) is 29.8 Å². The molecule has 0 saturated carbocycles. The number of carbonyl (C=O) groups excluding carboxylic acids is 3. The molecule has 0 bridgehead atoms. The number of ether oxygens (including phenoxy) is 2. The molecule has 5 aromatic carbocycles. The minimum absolute atomic E-state index is 0. The number of hydrogen-bond donors (Lipinski definition) is 3. The van der Waals surface area contributed by atoms with Gasteiger partial charge in [0.05, 0.1) is 75.1 Å². The molecule has 0 saturated heterocycles. The number of nitrogen functional groups attached to an aromatic ring is 1. The van der Waals surface area contributed by atoms with E-state index >= 15 is 0 Å². The first-order valence-corrected chi connectivity index (χ1v) is 22.0. The Morgan fingerprint density at radius 1 is 0.730 bits per heavy atom. The number of rotatable bonds is 14. The molecule has 0 aromatic heterocycles. The van der Waals surface area contributed by atoms with E-state index in [0.717, 1.165) is 48.6 Å². The van der Waals surface area contributed by atoms with E-state index in [1.165, 1.54) is 56.7 Å². The molecule has 2 aliphatic rings. The number of nitrogens with zero attached hydrogens (tertiary/aromatic N) is 8. The largest absolute Gasteiger partial charge is 1.00 e. The minimum Gasteiger partial charge on any atom is -0.871 e. The summed E-state index contributed by atoms with van der Waals surface area (Å²) in [6, 6.07) is 11.6. The number of methoxy groups -OCH3 is 2. The van der Waals surface area contributed by atoms with Gasteiger partial charge in [0, 0.05) is 51.9 Å². The van der Waals surface area contributed by atoms with Crippen molar-refractivity contribution in [3.63, 3.8) is 0 Å². The second-order valence-corrected chi connectivity index (χ2v) is 16.9. The summed E-state index contributed by atoms with van der Waals surface area (Å²) in [7, 11) is -7.82. The number of nitro groups is 1. The third-order valence-electron chi connectivity index (χ3n) is 9.91. The molecular weight excluding hydrogens is 1060 g/mol. The number of non-ortho nitro benzene ring substituents is 1. The minimum atomic E-state index is -5.54. The number of aliphatic carboxylic acids is 1. The van der Waals surface area contributed by atoms with E-state index in [2.05, 4.69) is 41.2 Å². The Labute approximate surface area is 505 Å². The van der Waals surface area contributed by atoms with E-state index < -0.39 is 92.3 Å². The number of nitrogens with two attached hydrogens (primary N) is 1. The van der Waals surface area contributed by atoms with Gasteiger partial charge in [-0.2, -0.15) is 18.6 Å². The van der Waals surface area contributed by atoms with Crippen molar-refractivity contribution in [1.82, 2.24) is 0 Å². The monoisotopic (exact) mass is 1080 g/mol. The van der Waals surface area contributed by atoms with E-state index in [4.69, 9.17) is 15.2 Å². The van der Waals surface area contributed by atoms with Gasteiger partial charge in [-0.25, -0.2) is 8.42 Å². The molecule has 0 aliphatic heterocycles. The summed E-state index contributed by atoms with van der Waals surface area (Å²) in [5.74, 6) is -5.66. The fraction of sp³-hybridized carbons (Fsp3) is 0.0476. The molecule has 26 nitrogen and oxygen atoms in total. The smallest absolute Gasteiger partial charge is 0.871 e. The number of carbonyl (C=O) groups is 3. The van der Waals surface area contributed by atoms with Crippen molar-refractivity contribution >= 4 is 106 Å². The average Bonchev–Trinajstić information content (AvgIpc) is 3.31. The Balaban J connectivity index is 0.00000361. The number of nitrogens with one attached hydrogen (secondary N) is 1. The summed E-state index contributed by atoms with van der Waals surface area (Å²) >= 11 is 0. The van der Waals surface area contributed by atoms with Crippen LogP contribution in [0.1, 0.15) is 21.5 Å². The van der Waals surface area contributed by atoms with Crippen LogP contribution in [-0.4, -0.2) is 79.9 Å². The number of allylic oxidation sites excluding steroid dienone is 5. The van der Waals surface area contributed by atoms with Crippen molar-refractivity contribution in [3.8, 4) is 17.2 Å². The van der Waals surface area contributed by atoms with Gasteiger partial charge in [0.15, 0.2) is 5.78 Å². The number of anilines is 2. The number of carboxylic acids is 2. The number of hydrogen-bond acceptors (Lipinski definition) is 24. The van der Waals surface area contributed by atoms with Crippen LogP contribution in [0.2, 0.25) is 0 Å². The number of benzene rings is 5. The molecule has 356 valence electrons. The number of ketones is 1. The summed E-state index contributed by atoms with van der Waals surface area (Å²) in [6.07, 6.45) is 5.95. The van der Waals surface area contributed by atoms with Gasteiger partial charge in [0.2, 0.25) is 0 Å². The molecule has 0 unspecified atom stereocenters. The SMILES string of the molecule is COc1cc(NN=C2C=CC(=NN=C3C=CC(=O)C(C(=O)[O-])=C3)c3ccc(S(=O)(=O)O)cc32)c(OC)cc1N=Nc1c(S(=O)(=O)[O-])cc2c(N=Nc3ccc([N+](=O)[O-])cc3C(=O)[O-])c(N)ccc2c1[O-].[Na+].[Na+].[Na+].[Na+]. The molecule has 0 fully saturated rings. The summed E-state index contributed by atoms with van der Waals surface area (Å²) in [6.45, 7) is 0. The van der Waals surface area contributed by atoms with Crippen molar-refractivity contribution in [2.45, 2.75) is 9.79 Å². The fourth-order valence-electron chi connectivity index (χ4n) is 6.56. The molecule has 0 radical (unpaired) electrons. The maximum atomic E-state index is 13.9. The number of hydrazone groups is 1. The van der Waals surface area contributed by atoms with Crippen molar-refractivity contribution in [2.75, 3.05) is 25.4 Å². The zero-order chi connectivity index (χ0) is 50.8. The number of fused-ring (bicyclic) bond motifs is 2. The summed E-state index contributed by atoms with van der Waals surface area (Å²) in [5.41, 5.74) is 5.21. The molecule has 0 heterocycles. The standard InChI is InChI=1S/C42H30N10O16S2.4Na/c1-67-35-18-33(49-51-39-37(70(64,65)66)16-25-23(40(39)54)7-8-28(43)38(25)50-47-31-9-4-20(52(59)60)14-26(31)41(55)56)36(68-2)17-32(35)48-46-30-11-10-29(22-6-5-21(15-24(22)30)69(61,62)63)45-44-19-3-12-34(53)27(13-19)42(57)58;;;;/h3-18,48,54H,43H2,1-2H3,(H,55,56)(H,57,58)(H,61,62,63)(H,64,65,66);;;;/q;4*+1/p-4. The van der Waals surface area contributed by atoms with E-state index in [9.17, 15) is 65.8 Å². The van der Waals surface area contributed by atoms with E-state index in [1.807, 2.05) is 0 Å². The topological polar surface area (TPSA) is 418 Å². The first-order chi connectivity index (χ1) is 33.1. The molecule has 2 aliphatic carbocycles. The summed E-state index contributed by atoms with van der Waals surface area (Å²) in [4.78, 5) is 43.6. The molecular formula is C42H26N10Na4O16S2. The van der Waals surface area contributed by atoms with Gasteiger partial charge in [-0.15, -0.1) is 25.6 Å². The molecule has 32 heteroatoms. The number of carboxylic acid groups (broad SMARTS) is 2. The maximum absolute atomic E-state index is 13.9. The number of aromatic carboxylic acids is 1. The van der Waals surface area contributed by atoms with Gasteiger partial charge >= 0.3 is 118 Å². The van der Waals surface area contributed by atoms with Gasteiger partial charge in [-0.1, -0.05) is 17.9 Å². The number of azo groups is 2. The molecule has 4 N–H and O–H groups in total. The van der Waals surface area contributed by atoms with Crippen LogP contribution in [0.25, 0.3) is 10.8 Å². The van der Waals surface area contributed by atoms with Gasteiger partial charge < -0.3 is 44.7 Å². The van der Waals surface area contributed by atoms with Crippen LogP contribution < -0.4 is 154 Å².